The van der Waals surface area contributed by atoms with Crippen molar-refractivity contribution in [3.8, 4) is 0 Å². The van der Waals surface area contributed by atoms with Gasteiger partial charge >= 0.3 is 75.7 Å². The largest absolute Gasteiger partial charge is 0.168 e. The van der Waals surface area contributed by atoms with Crippen molar-refractivity contribution in [3.05, 3.63) is 170 Å². The van der Waals surface area contributed by atoms with E-state index in [4.69, 9.17) is 34.1 Å². The Morgan fingerprint density at radius 1 is 0.310 bits per heavy atom. The minimum Gasteiger partial charge on any atom is -0.168 e. The van der Waals surface area contributed by atoms with Gasteiger partial charge in [-0.2, -0.15) is 70.1 Å². The molecule has 42 heavy (non-hydrogen) atoms. The molecule has 8 aromatic rings. The molecule has 0 amide bonds. The van der Waals surface area contributed by atoms with Crippen molar-refractivity contribution in [2.24, 2.45) is 0 Å². The molecule has 0 aliphatic rings. The second kappa shape index (κ2) is 21.0. The van der Waals surface area contributed by atoms with Crippen LogP contribution in [0.1, 0.15) is 0 Å². The van der Waals surface area contributed by atoms with Crippen LogP contribution in [0.2, 0.25) is 0 Å². The summed E-state index contributed by atoms with van der Waals surface area (Å²) < 4.78 is 0. The van der Waals surface area contributed by atoms with Crippen LogP contribution in [0.4, 0.5) is 0 Å². The van der Waals surface area contributed by atoms with Crippen LogP contribution < -0.4 is 0 Å². The number of benzene rings is 4. The van der Waals surface area contributed by atoms with Gasteiger partial charge in [-0.25, -0.2) is 0 Å². The Hall–Kier alpha value is -1.75. The van der Waals surface area contributed by atoms with E-state index in [0.717, 1.165) is 0 Å². The molecule has 8 rings (SSSR count). The molecule has 0 bridgehead atoms. The van der Waals surface area contributed by atoms with Gasteiger partial charge < -0.3 is 0 Å². The van der Waals surface area contributed by atoms with E-state index in [1.165, 1.54) is 43.1 Å². The van der Waals surface area contributed by atoms with Gasteiger partial charge in [-0.05, 0) is 0 Å². The fraction of sp³-hybridized carbons (Fsp3) is 0. The van der Waals surface area contributed by atoms with Crippen LogP contribution in [0, 0.1) is 0 Å². The third kappa shape index (κ3) is 12.1. The topological polar surface area (TPSA) is 0 Å². The molecule has 6 heteroatoms. The molecule has 0 fully saturated rings. The van der Waals surface area contributed by atoms with Crippen molar-refractivity contribution in [2.45, 2.75) is 0 Å². The Kier molecular flexibility index (Phi) is 17.4. The summed E-state index contributed by atoms with van der Waals surface area (Å²) >= 11 is -1.65. The van der Waals surface area contributed by atoms with Gasteiger partial charge in [0.05, 0.1) is 0 Å². The average molecular weight is 785 g/mol. The molecule has 0 radical (unpaired) electrons. The zero-order chi connectivity index (χ0) is 29.8. The maximum atomic E-state index is 4.93. The molecule has 0 atom stereocenters. The monoisotopic (exact) mass is 780 g/mol. The summed E-state index contributed by atoms with van der Waals surface area (Å²) in [4.78, 5) is 0. The van der Waals surface area contributed by atoms with Gasteiger partial charge in [-0.3, -0.25) is 0 Å². The van der Waals surface area contributed by atoms with Crippen molar-refractivity contribution < 1.29 is 41.7 Å². The van der Waals surface area contributed by atoms with Crippen molar-refractivity contribution in [2.75, 3.05) is 0 Å². The normalized spacial score (nSPS) is 9.24. The smallest absolute Gasteiger partial charge is 0.0809 e. The van der Waals surface area contributed by atoms with Crippen molar-refractivity contribution >= 4 is 77.1 Å². The zero-order valence-electron chi connectivity index (χ0n) is 22.7. The molecule has 208 valence electrons. The van der Waals surface area contributed by atoms with Crippen LogP contribution in [0.5, 0.6) is 0 Å². The van der Waals surface area contributed by atoms with Crippen molar-refractivity contribution in [1.29, 1.82) is 0 Å². The number of hydrogen-bond donors (Lipinski definition) is 0. The molecule has 0 N–H and O–H groups in total. The van der Waals surface area contributed by atoms with E-state index in [9.17, 15) is 0 Å². The van der Waals surface area contributed by atoms with Crippen LogP contribution in [0.3, 0.4) is 0 Å². The maximum absolute atomic E-state index is 4.93. The molecule has 0 aliphatic carbocycles. The summed E-state index contributed by atoms with van der Waals surface area (Å²) in [6, 6.07) is 58.7. The Bertz CT molecular complexity index is 1420. The first-order valence-electron chi connectivity index (χ1n) is 13.0. The predicted molar refractivity (Wildman–Crippen MR) is 182 cm³/mol. The molecule has 0 unspecified atom stereocenters. The number of hydrogen-bond acceptors (Lipinski definition) is 0. The third-order valence-corrected chi connectivity index (χ3v) is 6.19. The van der Waals surface area contributed by atoms with Gasteiger partial charge in [0.25, 0.3) is 0 Å². The van der Waals surface area contributed by atoms with E-state index in [2.05, 4.69) is 170 Å². The molecule has 0 aromatic heterocycles. The van der Waals surface area contributed by atoms with E-state index in [0.29, 0.717) is 0 Å². The molecule has 8 aromatic carbocycles. The van der Waals surface area contributed by atoms with E-state index < -0.39 is 41.7 Å². The summed E-state index contributed by atoms with van der Waals surface area (Å²) in [6.07, 6.45) is 0. The van der Waals surface area contributed by atoms with E-state index in [1.54, 1.807) is 0 Å². The number of fused-ring (bicyclic) bond motifs is 4. The second-order valence-electron chi connectivity index (χ2n) is 8.76. The Morgan fingerprint density at radius 3 is 0.690 bits per heavy atom. The molecule has 0 saturated carbocycles. The van der Waals surface area contributed by atoms with Gasteiger partial charge in [-0.1, -0.05) is 24.3 Å². The van der Waals surface area contributed by atoms with Gasteiger partial charge in [-0.15, -0.1) is 119 Å². The van der Waals surface area contributed by atoms with Crippen LogP contribution >= 0.6 is 34.1 Å². The standard InChI is InChI=1S/4C9H7.4ClH.2Zr/c4*1-2-5-9-7-3-6-8(9)4-1;;;;;;/h4*1-7H;4*1H;;/q4*-1;;;;;2*+4/p-4. The Morgan fingerprint density at radius 2 is 0.500 bits per heavy atom. The van der Waals surface area contributed by atoms with Crippen LogP contribution in [0.25, 0.3) is 43.1 Å². The van der Waals surface area contributed by atoms with Gasteiger partial charge in [0.15, 0.2) is 0 Å². The summed E-state index contributed by atoms with van der Waals surface area (Å²) in [5.41, 5.74) is 0. The summed E-state index contributed by atoms with van der Waals surface area (Å²) in [7, 11) is 19.7. The van der Waals surface area contributed by atoms with E-state index in [-0.39, 0.29) is 0 Å². The summed E-state index contributed by atoms with van der Waals surface area (Å²) in [5, 5.41) is 10.6. The van der Waals surface area contributed by atoms with Crippen LogP contribution in [0.15, 0.2) is 170 Å². The molecule has 0 heterocycles. The molecular weight excluding hydrogens is 757 g/mol. The van der Waals surface area contributed by atoms with Gasteiger partial charge in [0.2, 0.25) is 0 Å². The van der Waals surface area contributed by atoms with Crippen LogP contribution in [-0.2, 0) is 41.7 Å². The van der Waals surface area contributed by atoms with E-state index in [1.807, 2.05) is 0 Å². The zero-order valence-corrected chi connectivity index (χ0v) is 30.6. The first-order valence-corrected chi connectivity index (χ1v) is 25.7. The molecule has 0 spiro atoms. The minimum atomic E-state index is -0.826. The summed E-state index contributed by atoms with van der Waals surface area (Å²) in [5.74, 6) is 0. The SMILES string of the molecule is [Cl][Zr+2][Cl].[Cl][Zr+2][Cl].c1ccc2[cH-]ccc2c1.c1ccc2[cH-]ccc2c1.c1ccc2[cH-]ccc2c1.c1ccc2[cH-]ccc2c1. The quantitative estimate of drug-likeness (QED) is 0.134. The Labute approximate surface area is 285 Å². The predicted octanol–water partition coefficient (Wildman–Crippen LogP) is 13.0. The fourth-order valence-corrected chi connectivity index (χ4v) is 4.28. The first kappa shape index (κ1) is 34.7. The fourth-order valence-electron chi connectivity index (χ4n) is 4.28. The second-order valence-corrected chi connectivity index (χ2v) is 16.2. The number of halogens is 4. The summed E-state index contributed by atoms with van der Waals surface area (Å²) in [6.45, 7) is 0. The minimum absolute atomic E-state index is 0.826. The molecule has 0 saturated heterocycles. The van der Waals surface area contributed by atoms with Crippen molar-refractivity contribution in [3.63, 3.8) is 0 Å². The van der Waals surface area contributed by atoms with Crippen LogP contribution in [-0.4, -0.2) is 0 Å². The Balaban J connectivity index is 0.000000145. The number of rotatable bonds is 0. The van der Waals surface area contributed by atoms with E-state index >= 15 is 0 Å². The first-order chi connectivity index (χ1) is 20.7. The molecule has 0 aliphatic heterocycles. The van der Waals surface area contributed by atoms with Gasteiger partial charge in [0, 0.05) is 0 Å². The van der Waals surface area contributed by atoms with Crippen molar-refractivity contribution in [1.82, 2.24) is 0 Å². The molecular formula is C36H28Cl4Zr2. The van der Waals surface area contributed by atoms with Gasteiger partial charge in [0.1, 0.15) is 0 Å². The molecule has 0 nitrogen and oxygen atoms in total. The maximum Gasteiger partial charge on any atom is -0.0809 e. The third-order valence-electron chi connectivity index (χ3n) is 6.19. The average Bonchev–Trinajstić information content (AvgIpc) is 3.85.